The van der Waals surface area contributed by atoms with Gasteiger partial charge in [-0.15, -0.1) is 0 Å². The van der Waals surface area contributed by atoms with Gasteiger partial charge in [0, 0.05) is 29.2 Å². The summed E-state index contributed by atoms with van der Waals surface area (Å²) in [6, 6.07) is 10.8. The normalized spacial score (nSPS) is 13.5. The number of amides is 1. The van der Waals surface area contributed by atoms with Crippen molar-refractivity contribution >= 4 is 17.5 Å². The first-order valence-corrected chi connectivity index (χ1v) is 6.32. The fourth-order valence-electron chi connectivity index (χ4n) is 1.91. The first kappa shape index (κ1) is 12.3. The van der Waals surface area contributed by atoms with Crippen molar-refractivity contribution in [1.29, 1.82) is 0 Å². The molecule has 1 aliphatic heterocycles. The predicted molar refractivity (Wildman–Crippen MR) is 76.0 cm³/mol. The molecule has 1 aromatic heterocycles. The quantitative estimate of drug-likeness (QED) is 0.926. The summed E-state index contributed by atoms with van der Waals surface area (Å²) < 4.78 is 5.38. The molecule has 1 N–H and O–H groups in total. The average molecular weight is 267 g/mol. The van der Waals surface area contributed by atoms with E-state index in [-0.39, 0.29) is 5.91 Å². The van der Waals surface area contributed by atoms with Gasteiger partial charge in [-0.2, -0.15) is 0 Å². The summed E-state index contributed by atoms with van der Waals surface area (Å²) in [6.45, 7) is 1.34. The third-order valence-electron chi connectivity index (χ3n) is 2.92. The van der Waals surface area contributed by atoms with Crippen molar-refractivity contribution < 1.29 is 9.53 Å². The van der Waals surface area contributed by atoms with Gasteiger partial charge in [-0.1, -0.05) is 0 Å². The van der Waals surface area contributed by atoms with Gasteiger partial charge in [0.1, 0.15) is 6.61 Å². The van der Waals surface area contributed by atoms with Gasteiger partial charge in [0.25, 0.3) is 5.91 Å². The molecule has 0 saturated carbocycles. The zero-order valence-corrected chi connectivity index (χ0v) is 10.7. The fourth-order valence-corrected chi connectivity index (χ4v) is 1.91. The highest BCUT2D eigenvalue weighted by Crippen LogP contribution is 2.14. The Morgan fingerprint density at radius 2 is 1.85 bits per heavy atom. The molecule has 3 rings (SSSR count). The predicted octanol–water partition coefficient (Wildman–Crippen LogP) is 2.11. The van der Waals surface area contributed by atoms with Crippen LogP contribution in [-0.4, -0.2) is 29.9 Å². The van der Waals surface area contributed by atoms with Gasteiger partial charge in [-0.25, -0.2) is 4.99 Å². The zero-order valence-electron chi connectivity index (χ0n) is 10.7. The highest BCUT2D eigenvalue weighted by Gasteiger charge is 2.10. The van der Waals surface area contributed by atoms with Crippen LogP contribution < -0.4 is 5.32 Å². The maximum absolute atomic E-state index is 12.0. The van der Waals surface area contributed by atoms with Crippen molar-refractivity contribution in [2.45, 2.75) is 0 Å². The summed E-state index contributed by atoms with van der Waals surface area (Å²) in [5.41, 5.74) is 2.23. The van der Waals surface area contributed by atoms with Crippen molar-refractivity contribution in [3.8, 4) is 0 Å². The number of carbonyl (C=O) groups is 1. The second kappa shape index (κ2) is 5.52. The summed E-state index contributed by atoms with van der Waals surface area (Å²) in [5, 5.41) is 2.83. The Labute approximate surface area is 116 Å². The van der Waals surface area contributed by atoms with Crippen LogP contribution in [0.5, 0.6) is 0 Å². The minimum absolute atomic E-state index is 0.158. The van der Waals surface area contributed by atoms with Gasteiger partial charge < -0.3 is 10.1 Å². The van der Waals surface area contributed by atoms with Crippen LogP contribution in [0.4, 0.5) is 5.69 Å². The van der Waals surface area contributed by atoms with E-state index in [9.17, 15) is 4.79 Å². The maximum atomic E-state index is 12.0. The molecule has 0 aliphatic carbocycles. The molecule has 2 aromatic rings. The topological polar surface area (TPSA) is 63.6 Å². The molecule has 0 spiro atoms. The molecular weight excluding hydrogens is 254 g/mol. The lowest BCUT2D eigenvalue weighted by molar-refractivity contribution is 0.102. The zero-order chi connectivity index (χ0) is 13.8. The lowest BCUT2D eigenvalue weighted by atomic mass is 10.2. The van der Waals surface area contributed by atoms with E-state index in [0.717, 1.165) is 11.3 Å². The molecule has 0 bridgehead atoms. The number of nitrogens with one attached hydrogen (secondary N) is 1. The first-order valence-electron chi connectivity index (χ1n) is 6.32. The van der Waals surface area contributed by atoms with Crippen LogP contribution in [0.25, 0.3) is 0 Å². The number of carbonyl (C=O) groups excluding carboxylic acids is 1. The number of aromatic nitrogens is 1. The number of pyridine rings is 1. The number of nitrogens with zero attached hydrogens (tertiary/aromatic N) is 2. The minimum atomic E-state index is -0.158. The van der Waals surface area contributed by atoms with Crippen molar-refractivity contribution in [1.82, 2.24) is 4.98 Å². The van der Waals surface area contributed by atoms with Crippen molar-refractivity contribution in [3.63, 3.8) is 0 Å². The van der Waals surface area contributed by atoms with E-state index in [1.165, 1.54) is 0 Å². The third-order valence-corrected chi connectivity index (χ3v) is 2.92. The van der Waals surface area contributed by atoms with Crippen molar-refractivity contribution in [2.75, 3.05) is 18.5 Å². The second-order valence-corrected chi connectivity index (χ2v) is 4.30. The first-order chi connectivity index (χ1) is 9.83. The number of ether oxygens (including phenoxy) is 1. The van der Waals surface area contributed by atoms with Crippen LogP contribution in [0.1, 0.15) is 15.9 Å². The molecule has 5 nitrogen and oxygen atoms in total. The summed E-state index contributed by atoms with van der Waals surface area (Å²) >= 11 is 0. The molecular formula is C15H13N3O2. The van der Waals surface area contributed by atoms with E-state index in [4.69, 9.17) is 4.74 Å². The van der Waals surface area contributed by atoms with Gasteiger partial charge in [0.2, 0.25) is 5.90 Å². The SMILES string of the molecule is O=C(Nc1ccc(C2=NCCO2)cc1)c1ccncc1. The van der Waals surface area contributed by atoms with E-state index in [1.807, 2.05) is 24.3 Å². The fraction of sp³-hybridized carbons (Fsp3) is 0.133. The van der Waals surface area contributed by atoms with Crippen LogP contribution in [0.2, 0.25) is 0 Å². The van der Waals surface area contributed by atoms with Gasteiger partial charge in [0.15, 0.2) is 0 Å². The molecule has 5 heteroatoms. The van der Waals surface area contributed by atoms with Crippen molar-refractivity contribution in [3.05, 3.63) is 59.9 Å². The summed E-state index contributed by atoms with van der Waals surface area (Å²) in [7, 11) is 0. The lowest BCUT2D eigenvalue weighted by Gasteiger charge is -2.06. The van der Waals surface area contributed by atoms with Crippen LogP contribution in [-0.2, 0) is 4.74 Å². The number of anilines is 1. The Hall–Kier alpha value is -2.69. The van der Waals surface area contributed by atoms with Gasteiger partial charge in [-0.3, -0.25) is 9.78 Å². The monoisotopic (exact) mass is 267 g/mol. The van der Waals surface area contributed by atoms with Crippen LogP contribution >= 0.6 is 0 Å². The Morgan fingerprint density at radius 3 is 2.50 bits per heavy atom. The standard InChI is InChI=1S/C15H13N3O2/c19-14(11-5-7-16-8-6-11)18-13-3-1-12(2-4-13)15-17-9-10-20-15/h1-8H,9-10H2,(H,18,19). The number of aliphatic imine (C=N–C) groups is 1. The van der Waals surface area contributed by atoms with E-state index < -0.39 is 0 Å². The highest BCUT2D eigenvalue weighted by atomic mass is 16.5. The number of hydrogen-bond donors (Lipinski definition) is 1. The molecule has 2 heterocycles. The van der Waals surface area contributed by atoms with E-state index >= 15 is 0 Å². The van der Waals surface area contributed by atoms with E-state index in [1.54, 1.807) is 24.5 Å². The number of rotatable bonds is 3. The molecule has 1 aromatic carbocycles. The Balaban J connectivity index is 1.71. The number of hydrogen-bond acceptors (Lipinski definition) is 4. The minimum Gasteiger partial charge on any atom is -0.476 e. The molecule has 1 amide bonds. The molecule has 20 heavy (non-hydrogen) atoms. The number of benzene rings is 1. The molecule has 0 fully saturated rings. The molecule has 0 radical (unpaired) electrons. The summed E-state index contributed by atoms with van der Waals surface area (Å²) in [4.78, 5) is 20.1. The van der Waals surface area contributed by atoms with Gasteiger partial charge >= 0.3 is 0 Å². The molecule has 1 aliphatic rings. The molecule has 0 unspecified atom stereocenters. The van der Waals surface area contributed by atoms with Gasteiger partial charge in [0.05, 0.1) is 6.54 Å². The van der Waals surface area contributed by atoms with Crippen LogP contribution in [0.3, 0.4) is 0 Å². The molecule has 100 valence electrons. The van der Waals surface area contributed by atoms with E-state index in [2.05, 4.69) is 15.3 Å². The third kappa shape index (κ3) is 2.66. The van der Waals surface area contributed by atoms with Gasteiger partial charge in [-0.05, 0) is 36.4 Å². The summed E-state index contributed by atoms with van der Waals surface area (Å²) in [6.07, 6.45) is 3.18. The van der Waals surface area contributed by atoms with E-state index in [0.29, 0.717) is 24.6 Å². The molecule has 0 atom stereocenters. The maximum Gasteiger partial charge on any atom is 0.255 e. The second-order valence-electron chi connectivity index (χ2n) is 4.30. The largest absolute Gasteiger partial charge is 0.476 e. The van der Waals surface area contributed by atoms with Crippen molar-refractivity contribution in [2.24, 2.45) is 4.99 Å². The van der Waals surface area contributed by atoms with Crippen LogP contribution in [0, 0.1) is 0 Å². The molecule has 0 saturated heterocycles. The highest BCUT2D eigenvalue weighted by molar-refractivity contribution is 6.04. The van der Waals surface area contributed by atoms with Crippen LogP contribution in [0.15, 0.2) is 53.8 Å². The lowest BCUT2D eigenvalue weighted by Crippen LogP contribution is -2.12. The Morgan fingerprint density at radius 1 is 1.10 bits per heavy atom. The smallest absolute Gasteiger partial charge is 0.255 e. The Bertz CT molecular complexity index is 636. The summed E-state index contributed by atoms with van der Waals surface area (Å²) in [5.74, 6) is 0.506. The Kier molecular flexibility index (Phi) is 3.41. The average Bonchev–Trinajstić information content (AvgIpc) is 3.03.